The van der Waals surface area contributed by atoms with Gasteiger partial charge in [-0.3, -0.25) is 9.59 Å². The predicted molar refractivity (Wildman–Crippen MR) is 44.2 cm³/mol. The number of nitrogens with zero attached hydrogens (tertiary/aromatic N) is 2. The van der Waals surface area contributed by atoms with Gasteiger partial charge in [-0.25, -0.2) is 0 Å². The molecule has 0 radical (unpaired) electrons. The van der Waals surface area contributed by atoms with Crippen LogP contribution in [0.25, 0.3) is 0 Å². The highest BCUT2D eigenvalue weighted by molar-refractivity contribution is 6.99. The van der Waals surface area contributed by atoms with Crippen molar-refractivity contribution < 1.29 is 9.59 Å². The van der Waals surface area contributed by atoms with E-state index < -0.39 is 0 Å². The van der Waals surface area contributed by atoms with Crippen molar-refractivity contribution in [1.82, 2.24) is 8.75 Å². The molecule has 0 saturated heterocycles. The Morgan fingerprint density at radius 1 is 1.33 bits per heavy atom. The molecule has 1 amide bonds. The minimum absolute atomic E-state index is 0.201. The molecule has 12 heavy (non-hydrogen) atoms. The monoisotopic (exact) mass is 185 g/mol. The molecule has 0 aliphatic heterocycles. The number of amides is 1. The van der Waals surface area contributed by atoms with E-state index in [1.54, 1.807) is 0 Å². The lowest BCUT2D eigenvalue weighted by molar-refractivity contribution is -0.114. The molecule has 0 spiro atoms. The number of ketones is 1. The van der Waals surface area contributed by atoms with Crippen molar-refractivity contribution in [2.24, 2.45) is 0 Å². The fourth-order valence-corrected chi connectivity index (χ4v) is 1.22. The molecule has 1 rings (SSSR count). The largest absolute Gasteiger partial charge is 0.308 e. The zero-order valence-corrected chi connectivity index (χ0v) is 7.44. The third kappa shape index (κ3) is 1.85. The van der Waals surface area contributed by atoms with Crippen LogP contribution in [0.1, 0.15) is 24.3 Å². The number of carbonyl (C=O) groups excluding carboxylic acids is 2. The second-order valence-corrected chi connectivity index (χ2v) is 2.73. The van der Waals surface area contributed by atoms with E-state index in [-0.39, 0.29) is 23.2 Å². The molecule has 1 heterocycles. The first kappa shape index (κ1) is 8.79. The average Bonchev–Trinajstić information content (AvgIpc) is 2.33. The van der Waals surface area contributed by atoms with Crippen molar-refractivity contribution in [3.63, 3.8) is 0 Å². The molecule has 5 nitrogen and oxygen atoms in total. The van der Waals surface area contributed by atoms with E-state index in [1.807, 2.05) is 0 Å². The van der Waals surface area contributed by atoms with E-state index in [9.17, 15) is 9.59 Å². The van der Waals surface area contributed by atoms with Crippen LogP contribution >= 0.6 is 11.7 Å². The lowest BCUT2D eigenvalue weighted by Gasteiger charge is -1.95. The standard InChI is InChI=1S/C6H7N3O2S/c1-3(10)5-6(7-4(2)11)9-12-8-5/h1-2H3,(H,7,9,11). The summed E-state index contributed by atoms with van der Waals surface area (Å²) < 4.78 is 7.49. The van der Waals surface area contributed by atoms with E-state index >= 15 is 0 Å². The van der Waals surface area contributed by atoms with Gasteiger partial charge in [-0.2, -0.15) is 8.75 Å². The summed E-state index contributed by atoms with van der Waals surface area (Å²) in [5.41, 5.74) is 0.218. The summed E-state index contributed by atoms with van der Waals surface area (Å²) in [6, 6.07) is 0. The van der Waals surface area contributed by atoms with Gasteiger partial charge in [-0.1, -0.05) is 0 Å². The number of hydrogen-bond acceptors (Lipinski definition) is 5. The number of rotatable bonds is 2. The SMILES string of the molecule is CC(=O)Nc1nsnc1C(C)=O. The van der Waals surface area contributed by atoms with Gasteiger partial charge >= 0.3 is 0 Å². The van der Waals surface area contributed by atoms with Gasteiger partial charge in [0, 0.05) is 13.8 Å². The third-order valence-corrected chi connectivity index (χ3v) is 1.64. The van der Waals surface area contributed by atoms with Crippen LogP contribution < -0.4 is 5.32 Å². The van der Waals surface area contributed by atoms with Gasteiger partial charge in [-0.15, -0.1) is 0 Å². The fraction of sp³-hybridized carbons (Fsp3) is 0.333. The maximum Gasteiger partial charge on any atom is 0.222 e. The number of nitrogens with one attached hydrogen (secondary N) is 1. The van der Waals surface area contributed by atoms with Crippen molar-refractivity contribution in [1.29, 1.82) is 0 Å². The number of hydrogen-bond donors (Lipinski definition) is 1. The zero-order valence-electron chi connectivity index (χ0n) is 6.62. The lowest BCUT2D eigenvalue weighted by atomic mass is 10.3. The Morgan fingerprint density at radius 3 is 2.50 bits per heavy atom. The second-order valence-electron chi connectivity index (χ2n) is 2.20. The van der Waals surface area contributed by atoms with Gasteiger partial charge in [0.25, 0.3) is 0 Å². The first-order chi connectivity index (χ1) is 5.61. The molecular formula is C6H7N3O2S. The first-order valence-corrected chi connectivity index (χ1v) is 3.95. The van der Waals surface area contributed by atoms with Crippen molar-refractivity contribution in [2.75, 3.05) is 5.32 Å². The fourth-order valence-electron chi connectivity index (χ4n) is 0.668. The Morgan fingerprint density at radius 2 is 2.00 bits per heavy atom. The van der Waals surface area contributed by atoms with Crippen LogP contribution in [-0.2, 0) is 4.79 Å². The van der Waals surface area contributed by atoms with Crippen molar-refractivity contribution >= 4 is 29.2 Å². The molecule has 6 heteroatoms. The van der Waals surface area contributed by atoms with E-state index in [1.165, 1.54) is 13.8 Å². The van der Waals surface area contributed by atoms with Crippen LogP contribution in [0.15, 0.2) is 0 Å². The molecule has 0 bridgehead atoms. The Balaban J connectivity index is 2.91. The molecule has 1 aromatic heterocycles. The van der Waals surface area contributed by atoms with Gasteiger partial charge in [0.2, 0.25) is 5.91 Å². The van der Waals surface area contributed by atoms with Crippen LogP contribution in [-0.4, -0.2) is 20.4 Å². The normalized spacial score (nSPS) is 9.50. The van der Waals surface area contributed by atoms with E-state index in [2.05, 4.69) is 14.1 Å². The Bertz CT molecular complexity index is 320. The van der Waals surface area contributed by atoms with Crippen LogP contribution in [0.5, 0.6) is 0 Å². The summed E-state index contributed by atoms with van der Waals surface area (Å²) in [7, 11) is 0. The molecule has 0 aliphatic carbocycles. The highest BCUT2D eigenvalue weighted by Gasteiger charge is 2.12. The van der Waals surface area contributed by atoms with Crippen molar-refractivity contribution in [2.45, 2.75) is 13.8 Å². The van der Waals surface area contributed by atoms with Crippen LogP contribution in [0.3, 0.4) is 0 Å². The summed E-state index contributed by atoms with van der Waals surface area (Å²) in [6.07, 6.45) is 0. The topological polar surface area (TPSA) is 72.0 Å². The summed E-state index contributed by atoms with van der Waals surface area (Å²) in [5.74, 6) is -0.210. The van der Waals surface area contributed by atoms with E-state index in [4.69, 9.17) is 0 Å². The maximum atomic E-state index is 10.9. The molecule has 64 valence electrons. The summed E-state index contributed by atoms with van der Waals surface area (Å²) in [4.78, 5) is 21.5. The molecular weight excluding hydrogens is 178 g/mol. The summed E-state index contributed by atoms with van der Waals surface area (Å²) in [5, 5.41) is 2.41. The summed E-state index contributed by atoms with van der Waals surface area (Å²) >= 11 is 0.901. The first-order valence-electron chi connectivity index (χ1n) is 3.22. The molecule has 0 aliphatic rings. The Labute approximate surface area is 73.1 Å². The number of aromatic nitrogens is 2. The molecule has 1 aromatic rings. The number of Topliss-reactive ketones (excluding diaryl/α,β-unsaturated/α-hetero) is 1. The highest BCUT2D eigenvalue weighted by Crippen LogP contribution is 2.12. The van der Waals surface area contributed by atoms with Crippen LogP contribution in [0, 0.1) is 0 Å². The molecule has 0 aromatic carbocycles. The van der Waals surface area contributed by atoms with Gasteiger partial charge in [0.05, 0.1) is 11.7 Å². The van der Waals surface area contributed by atoms with Crippen LogP contribution in [0.4, 0.5) is 5.82 Å². The number of carbonyl (C=O) groups is 2. The maximum absolute atomic E-state index is 10.9. The highest BCUT2D eigenvalue weighted by atomic mass is 32.1. The Hall–Kier alpha value is -1.30. The molecule has 0 fully saturated rings. The van der Waals surface area contributed by atoms with Gasteiger partial charge < -0.3 is 5.32 Å². The van der Waals surface area contributed by atoms with E-state index in [0.717, 1.165) is 11.7 Å². The lowest BCUT2D eigenvalue weighted by Crippen LogP contribution is -2.09. The third-order valence-electron chi connectivity index (χ3n) is 1.12. The quantitative estimate of drug-likeness (QED) is 0.688. The minimum atomic E-state index is -0.259. The predicted octanol–water partition coefficient (Wildman–Crippen LogP) is 0.699. The second kappa shape index (κ2) is 3.40. The number of anilines is 1. The van der Waals surface area contributed by atoms with Crippen molar-refractivity contribution in [3.8, 4) is 0 Å². The average molecular weight is 185 g/mol. The van der Waals surface area contributed by atoms with Crippen molar-refractivity contribution in [3.05, 3.63) is 5.69 Å². The van der Waals surface area contributed by atoms with Gasteiger partial charge in [0.15, 0.2) is 17.3 Å². The summed E-state index contributed by atoms with van der Waals surface area (Å²) in [6.45, 7) is 2.73. The van der Waals surface area contributed by atoms with Gasteiger partial charge in [0.1, 0.15) is 0 Å². The van der Waals surface area contributed by atoms with Gasteiger partial charge in [-0.05, 0) is 0 Å². The zero-order chi connectivity index (χ0) is 9.14. The molecule has 1 N–H and O–H groups in total. The molecule has 0 unspecified atom stereocenters. The molecule has 0 saturated carbocycles. The minimum Gasteiger partial charge on any atom is -0.308 e. The Kier molecular flexibility index (Phi) is 2.49. The molecule has 0 atom stereocenters. The smallest absolute Gasteiger partial charge is 0.222 e. The van der Waals surface area contributed by atoms with Crippen LogP contribution in [0.2, 0.25) is 0 Å². The van der Waals surface area contributed by atoms with E-state index in [0.29, 0.717) is 0 Å².